The van der Waals surface area contributed by atoms with E-state index in [0.717, 1.165) is 10.7 Å². The minimum Gasteiger partial charge on any atom is -0.483 e. The Balaban J connectivity index is 2.05. The minimum atomic E-state index is 0.410. The summed E-state index contributed by atoms with van der Waals surface area (Å²) in [5, 5.41) is 0.957. The number of hydrogen-bond donors (Lipinski definition) is 1. The first kappa shape index (κ1) is 10.9. The van der Waals surface area contributed by atoms with Crippen LogP contribution in [0.15, 0.2) is 18.3 Å². The van der Waals surface area contributed by atoms with E-state index in [1.54, 1.807) is 29.7 Å². The maximum absolute atomic E-state index is 5.67. The number of nitrogen functional groups attached to an aromatic ring is 1. The lowest BCUT2D eigenvalue weighted by Crippen LogP contribution is -1.99. The number of ether oxygens (including phenoxy) is 1. The number of rotatable bonds is 3. The lowest BCUT2D eigenvalue weighted by molar-refractivity contribution is 0.306. The fourth-order valence-electron chi connectivity index (χ4n) is 1.27. The molecular formula is C11H13N3OS. The van der Waals surface area contributed by atoms with E-state index in [1.807, 2.05) is 6.92 Å². The Hall–Kier alpha value is -1.62. The number of hydrogen-bond acceptors (Lipinski definition) is 5. The molecule has 0 atom stereocenters. The van der Waals surface area contributed by atoms with Gasteiger partial charge in [-0.25, -0.2) is 9.97 Å². The topological polar surface area (TPSA) is 61.0 Å². The smallest absolute Gasteiger partial charge is 0.166 e. The number of aromatic nitrogens is 2. The summed E-state index contributed by atoms with van der Waals surface area (Å²) in [5.41, 5.74) is 6.72. The molecule has 84 valence electrons. The van der Waals surface area contributed by atoms with Crippen LogP contribution in [0.5, 0.6) is 5.75 Å². The van der Waals surface area contributed by atoms with Crippen molar-refractivity contribution in [3.63, 3.8) is 0 Å². The van der Waals surface area contributed by atoms with Gasteiger partial charge in [0.25, 0.3) is 0 Å². The highest BCUT2D eigenvalue weighted by Gasteiger charge is 2.05. The molecule has 0 aliphatic heterocycles. The summed E-state index contributed by atoms with van der Waals surface area (Å²) in [7, 11) is 0. The molecule has 0 aliphatic carbocycles. The molecule has 4 nitrogen and oxygen atoms in total. The molecular weight excluding hydrogens is 222 g/mol. The Morgan fingerprint density at radius 1 is 1.44 bits per heavy atom. The fraction of sp³-hybridized carbons (Fsp3) is 0.273. The van der Waals surface area contributed by atoms with Crippen molar-refractivity contribution >= 4 is 17.2 Å². The number of anilines is 1. The molecule has 0 bridgehead atoms. The quantitative estimate of drug-likeness (QED) is 0.886. The van der Waals surface area contributed by atoms with Gasteiger partial charge in [0.15, 0.2) is 11.6 Å². The molecule has 5 heteroatoms. The van der Waals surface area contributed by atoms with Crippen molar-refractivity contribution in [1.82, 2.24) is 9.97 Å². The first-order valence-corrected chi connectivity index (χ1v) is 5.74. The maximum atomic E-state index is 5.67. The van der Waals surface area contributed by atoms with Crippen molar-refractivity contribution in [3.8, 4) is 5.75 Å². The fourth-order valence-corrected chi connectivity index (χ4v) is 2.11. The Labute approximate surface area is 98.1 Å². The van der Waals surface area contributed by atoms with E-state index < -0.39 is 0 Å². The Kier molecular flexibility index (Phi) is 3.05. The van der Waals surface area contributed by atoms with Gasteiger partial charge < -0.3 is 10.5 Å². The molecule has 2 heterocycles. The van der Waals surface area contributed by atoms with Gasteiger partial charge in [-0.2, -0.15) is 0 Å². The molecule has 0 radical (unpaired) electrons. The van der Waals surface area contributed by atoms with Gasteiger partial charge in [-0.05, 0) is 26.0 Å². The molecule has 0 spiro atoms. The third kappa shape index (κ3) is 2.30. The van der Waals surface area contributed by atoms with Gasteiger partial charge in [-0.15, -0.1) is 11.3 Å². The van der Waals surface area contributed by atoms with Crippen molar-refractivity contribution in [3.05, 3.63) is 33.9 Å². The number of nitrogens with zero attached hydrogens (tertiary/aromatic N) is 2. The van der Waals surface area contributed by atoms with Crippen LogP contribution in [-0.2, 0) is 6.61 Å². The van der Waals surface area contributed by atoms with Crippen molar-refractivity contribution in [1.29, 1.82) is 0 Å². The highest BCUT2D eigenvalue weighted by Crippen LogP contribution is 2.21. The molecule has 0 fully saturated rings. The second kappa shape index (κ2) is 4.49. The van der Waals surface area contributed by atoms with E-state index in [1.165, 1.54) is 4.88 Å². The van der Waals surface area contributed by atoms with Crippen LogP contribution < -0.4 is 10.5 Å². The van der Waals surface area contributed by atoms with Crippen LogP contribution in [0.2, 0.25) is 0 Å². The number of thiazole rings is 1. The van der Waals surface area contributed by atoms with Crippen LogP contribution in [0.25, 0.3) is 0 Å². The average Bonchev–Trinajstić information content (AvgIpc) is 2.57. The first-order chi connectivity index (χ1) is 7.66. The lowest BCUT2D eigenvalue weighted by atomic mass is 10.4. The Morgan fingerprint density at radius 3 is 2.88 bits per heavy atom. The van der Waals surface area contributed by atoms with Crippen LogP contribution in [0.1, 0.15) is 15.6 Å². The van der Waals surface area contributed by atoms with E-state index in [2.05, 4.69) is 16.9 Å². The van der Waals surface area contributed by atoms with Crippen molar-refractivity contribution < 1.29 is 4.74 Å². The van der Waals surface area contributed by atoms with Gasteiger partial charge in [-0.3, -0.25) is 0 Å². The van der Waals surface area contributed by atoms with Crippen LogP contribution >= 0.6 is 11.3 Å². The molecule has 2 aromatic heterocycles. The van der Waals surface area contributed by atoms with E-state index in [4.69, 9.17) is 10.5 Å². The van der Waals surface area contributed by atoms with E-state index in [0.29, 0.717) is 18.2 Å². The Morgan fingerprint density at radius 2 is 2.25 bits per heavy atom. The molecule has 2 N–H and O–H groups in total. The summed E-state index contributed by atoms with van der Waals surface area (Å²) in [5.74, 6) is 1.01. The van der Waals surface area contributed by atoms with Gasteiger partial charge in [0.1, 0.15) is 11.6 Å². The zero-order valence-corrected chi connectivity index (χ0v) is 10.0. The van der Waals surface area contributed by atoms with Crippen LogP contribution in [-0.4, -0.2) is 9.97 Å². The SMILES string of the molecule is Cc1nc(COc2cccnc2N)sc1C. The molecule has 0 aliphatic rings. The largest absolute Gasteiger partial charge is 0.483 e. The summed E-state index contributed by atoms with van der Waals surface area (Å²) in [6, 6.07) is 3.60. The van der Waals surface area contributed by atoms with E-state index in [9.17, 15) is 0 Å². The average molecular weight is 235 g/mol. The lowest BCUT2D eigenvalue weighted by Gasteiger charge is -2.05. The van der Waals surface area contributed by atoms with Crippen LogP contribution in [0.3, 0.4) is 0 Å². The predicted octanol–water partition coefficient (Wildman–Crippen LogP) is 2.32. The summed E-state index contributed by atoms with van der Waals surface area (Å²) in [6.07, 6.45) is 1.64. The third-order valence-corrected chi connectivity index (χ3v) is 3.27. The highest BCUT2D eigenvalue weighted by molar-refractivity contribution is 7.11. The third-order valence-electron chi connectivity index (χ3n) is 2.22. The van der Waals surface area contributed by atoms with Gasteiger partial charge in [0.2, 0.25) is 0 Å². The Bertz CT molecular complexity index is 476. The number of aryl methyl sites for hydroxylation is 2. The van der Waals surface area contributed by atoms with Gasteiger partial charge >= 0.3 is 0 Å². The van der Waals surface area contributed by atoms with Crippen molar-refractivity contribution in [2.24, 2.45) is 0 Å². The standard InChI is InChI=1S/C11H13N3OS/c1-7-8(2)16-10(14-7)6-15-9-4-3-5-13-11(9)12/h3-5H,6H2,1-2H3,(H2,12,13). The van der Waals surface area contributed by atoms with Crippen molar-refractivity contribution in [2.75, 3.05) is 5.73 Å². The minimum absolute atomic E-state index is 0.410. The second-order valence-corrected chi connectivity index (χ2v) is 4.71. The van der Waals surface area contributed by atoms with Gasteiger partial charge in [0, 0.05) is 11.1 Å². The van der Waals surface area contributed by atoms with Gasteiger partial charge in [-0.1, -0.05) is 0 Å². The molecule has 0 aromatic carbocycles. The van der Waals surface area contributed by atoms with E-state index in [-0.39, 0.29) is 0 Å². The normalized spacial score (nSPS) is 10.4. The van der Waals surface area contributed by atoms with Gasteiger partial charge in [0.05, 0.1) is 5.69 Å². The molecule has 2 aromatic rings. The van der Waals surface area contributed by atoms with Crippen molar-refractivity contribution in [2.45, 2.75) is 20.5 Å². The predicted molar refractivity (Wildman–Crippen MR) is 64.6 cm³/mol. The molecule has 0 saturated carbocycles. The summed E-state index contributed by atoms with van der Waals surface area (Å²) >= 11 is 1.64. The summed E-state index contributed by atoms with van der Waals surface area (Å²) in [4.78, 5) is 9.56. The molecule has 0 amide bonds. The molecule has 16 heavy (non-hydrogen) atoms. The highest BCUT2D eigenvalue weighted by atomic mass is 32.1. The summed E-state index contributed by atoms with van der Waals surface area (Å²) in [6.45, 7) is 4.48. The first-order valence-electron chi connectivity index (χ1n) is 4.93. The van der Waals surface area contributed by atoms with Crippen LogP contribution in [0.4, 0.5) is 5.82 Å². The molecule has 0 unspecified atom stereocenters. The molecule has 0 saturated heterocycles. The van der Waals surface area contributed by atoms with E-state index >= 15 is 0 Å². The number of pyridine rings is 1. The maximum Gasteiger partial charge on any atom is 0.166 e. The molecule has 2 rings (SSSR count). The second-order valence-electron chi connectivity index (χ2n) is 3.42. The summed E-state index contributed by atoms with van der Waals surface area (Å²) < 4.78 is 5.55. The monoisotopic (exact) mass is 235 g/mol. The van der Waals surface area contributed by atoms with Crippen LogP contribution in [0, 0.1) is 13.8 Å². The number of nitrogens with two attached hydrogens (primary N) is 1. The zero-order valence-electron chi connectivity index (χ0n) is 9.23. The zero-order chi connectivity index (χ0) is 11.5.